The van der Waals surface area contributed by atoms with E-state index in [1.807, 2.05) is 13.8 Å². The van der Waals surface area contributed by atoms with E-state index in [1.165, 1.54) is 0 Å². The van der Waals surface area contributed by atoms with Gasteiger partial charge in [0.25, 0.3) is 0 Å². The maximum atomic E-state index is 5.05. The van der Waals surface area contributed by atoms with Crippen molar-refractivity contribution in [1.29, 1.82) is 0 Å². The molecule has 0 N–H and O–H groups in total. The first-order valence-corrected chi connectivity index (χ1v) is 4.28. The first kappa shape index (κ1) is 7.69. The average Bonchev–Trinajstić information content (AvgIpc) is 1.68. The number of hydrogen-bond donors (Lipinski definition) is 0. The van der Waals surface area contributed by atoms with Gasteiger partial charge < -0.3 is 8.85 Å². The summed E-state index contributed by atoms with van der Waals surface area (Å²) >= 11 is 0. The third-order valence-electron chi connectivity index (χ3n) is 0.611. The summed E-state index contributed by atoms with van der Waals surface area (Å²) in [6, 6.07) is 0. The average molecular weight is 132 g/mol. The second-order valence-corrected chi connectivity index (χ2v) is 2.56. The molecule has 8 heavy (non-hydrogen) atoms. The van der Waals surface area contributed by atoms with Gasteiger partial charge in [-0.2, -0.15) is 0 Å². The standard InChI is InChI=1S/C5H12O2Si/c1-4-6-8(3)7-5-2/h3-5H2,1-2H3. The molecule has 0 bridgehead atoms. The lowest BCUT2D eigenvalue weighted by molar-refractivity contribution is 0.235. The van der Waals surface area contributed by atoms with Gasteiger partial charge in [0.1, 0.15) is 0 Å². The van der Waals surface area contributed by atoms with Crippen molar-refractivity contribution < 1.29 is 8.85 Å². The van der Waals surface area contributed by atoms with Crippen LogP contribution in [0.15, 0.2) is 0 Å². The third-order valence-corrected chi connectivity index (χ3v) is 1.83. The second-order valence-electron chi connectivity index (χ2n) is 1.24. The molecular weight excluding hydrogens is 120 g/mol. The van der Waals surface area contributed by atoms with E-state index < -0.39 is 8.90 Å². The molecule has 0 saturated carbocycles. The number of rotatable bonds is 4. The highest BCUT2D eigenvalue weighted by Gasteiger charge is 1.92. The molecule has 0 saturated heterocycles. The fraction of sp³-hybridized carbons (Fsp3) is 0.800. The Kier molecular flexibility index (Phi) is 4.65. The Morgan fingerprint density at radius 3 is 1.88 bits per heavy atom. The molecule has 2 nitrogen and oxygen atoms in total. The molecular formula is C5H12O2Si. The minimum atomic E-state index is -1.14. The number of hydrogen-bond acceptors (Lipinski definition) is 2. The lowest BCUT2D eigenvalue weighted by Gasteiger charge is -2.03. The maximum absolute atomic E-state index is 5.05. The Labute approximate surface area is 51.9 Å². The molecule has 0 spiro atoms. The summed E-state index contributed by atoms with van der Waals surface area (Å²) in [5.41, 5.74) is 0. The molecule has 0 rings (SSSR count). The van der Waals surface area contributed by atoms with E-state index in [0.29, 0.717) is 13.2 Å². The molecule has 0 aliphatic rings. The minimum absolute atomic E-state index is 0.706. The van der Waals surface area contributed by atoms with Gasteiger partial charge in [0.05, 0.1) is 13.2 Å². The van der Waals surface area contributed by atoms with Crippen molar-refractivity contribution in [1.82, 2.24) is 0 Å². The molecule has 0 atom stereocenters. The van der Waals surface area contributed by atoms with E-state index >= 15 is 0 Å². The zero-order valence-corrected chi connectivity index (χ0v) is 6.44. The van der Waals surface area contributed by atoms with E-state index in [9.17, 15) is 0 Å². The Morgan fingerprint density at radius 1 is 1.25 bits per heavy atom. The minimum Gasteiger partial charge on any atom is -0.524 e. The molecule has 0 aliphatic heterocycles. The highest BCUT2D eigenvalue weighted by atomic mass is 28.3. The molecule has 0 radical (unpaired) electrons. The molecule has 0 amide bonds. The first-order chi connectivity index (χ1) is 3.81. The fourth-order valence-electron chi connectivity index (χ4n) is 0.364. The van der Waals surface area contributed by atoms with Crippen LogP contribution in [0.5, 0.6) is 0 Å². The third kappa shape index (κ3) is 3.86. The smallest absolute Gasteiger partial charge is 0.472 e. The Hall–Kier alpha value is -0.313. The molecule has 0 aliphatic carbocycles. The summed E-state index contributed by atoms with van der Waals surface area (Å²) in [4.78, 5) is 0. The van der Waals surface area contributed by atoms with Crippen LogP contribution < -0.4 is 0 Å². The largest absolute Gasteiger partial charge is 0.524 e. The van der Waals surface area contributed by atoms with Gasteiger partial charge in [-0.1, -0.05) is 0 Å². The summed E-state index contributed by atoms with van der Waals surface area (Å²) in [6.45, 7) is 5.29. The summed E-state index contributed by atoms with van der Waals surface area (Å²) in [7, 11) is -1.14. The van der Waals surface area contributed by atoms with Crippen LogP contribution >= 0.6 is 0 Å². The Balaban J connectivity index is 3.06. The van der Waals surface area contributed by atoms with Gasteiger partial charge in [-0.25, -0.2) is 0 Å². The molecule has 0 aromatic carbocycles. The summed E-state index contributed by atoms with van der Waals surface area (Å²) in [6.07, 6.45) is 3.67. The molecule has 0 aromatic heterocycles. The van der Waals surface area contributed by atoms with Crippen molar-refractivity contribution in [2.45, 2.75) is 13.8 Å². The van der Waals surface area contributed by atoms with Gasteiger partial charge in [0.15, 0.2) is 0 Å². The Bertz CT molecular complexity index is 64.8. The molecule has 0 fully saturated rings. The highest BCUT2D eigenvalue weighted by molar-refractivity contribution is 6.48. The topological polar surface area (TPSA) is 18.5 Å². The first-order valence-electron chi connectivity index (χ1n) is 2.75. The quantitative estimate of drug-likeness (QED) is 0.520. The predicted molar refractivity (Wildman–Crippen MR) is 36.1 cm³/mol. The van der Waals surface area contributed by atoms with Crippen LogP contribution in [-0.2, 0) is 8.85 Å². The predicted octanol–water partition coefficient (Wildman–Crippen LogP) is 0.561. The van der Waals surface area contributed by atoms with Gasteiger partial charge in [-0.15, -0.1) is 0 Å². The van der Waals surface area contributed by atoms with Gasteiger partial charge >= 0.3 is 8.90 Å². The van der Waals surface area contributed by atoms with Crippen LogP contribution in [0.3, 0.4) is 0 Å². The van der Waals surface area contributed by atoms with Gasteiger partial charge in [-0.3, -0.25) is 0 Å². The lowest BCUT2D eigenvalue weighted by Crippen LogP contribution is -2.11. The van der Waals surface area contributed by atoms with Crippen molar-refractivity contribution in [3.63, 3.8) is 0 Å². The van der Waals surface area contributed by atoms with Crippen molar-refractivity contribution in [2.75, 3.05) is 13.2 Å². The summed E-state index contributed by atoms with van der Waals surface area (Å²) in [5.74, 6) is 0. The molecule has 0 unspecified atom stereocenters. The van der Waals surface area contributed by atoms with Crippen LogP contribution in [0.25, 0.3) is 0 Å². The monoisotopic (exact) mass is 132 g/mol. The van der Waals surface area contributed by atoms with E-state index in [2.05, 4.69) is 6.17 Å². The van der Waals surface area contributed by atoms with Crippen molar-refractivity contribution in [2.24, 2.45) is 0 Å². The van der Waals surface area contributed by atoms with E-state index in [0.717, 1.165) is 0 Å². The van der Waals surface area contributed by atoms with Crippen LogP contribution in [-0.4, -0.2) is 28.3 Å². The molecule has 0 aromatic rings. The molecule has 0 heterocycles. The SMILES string of the molecule is C=[Si](OCC)OCC. The summed E-state index contributed by atoms with van der Waals surface area (Å²) < 4.78 is 10.1. The highest BCUT2D eigenvalue weighted by Crippen LogP contribution is 1.75. The van der Waals surface area contributed by atoms with Crippen molar-refractivity contribution in [3.05, 3.63) is 0 Å². The zero-order chi connectivity index (χ0) is 6.41. The van der Waals surface area contributed by atoms with Crippen LogP contribution in [0.4, 0.5) is 0 Å². The van der Waals surface area contributed by atoms with E-state index in [-0.39, 0.29) is 0 Å². The van der Waals surface area contributed by atoms with E-state index in [4.69, 9.17) is 8.85 Å². The van der Waals surface area contributed by atoms with Crippen LogP contribution in [0.1, 0.15) is 13.8 Å². The fourth-order valence-corrected chi connectivity index (χ4v) is 1.09. The lowest BCUT2D eigenvalue weighted by atomic mass is 10.9. The van der Waals surface area contributed by atoms with Gasteiger partial charge in [0, 0.05) is 0 Å². The zero-order valence-electron chi connectivity index (χ0n) is 5.44. The van der Waals surface area contributed by atoms with Gasteiger partial charge in [-0.05, 0) is 20.0 Å². The van der Waals surface area contributed by atoms with Crippen LogP contribution in [0.2, 0.25) is 0 Å². The van der Waals surface area contributed by atoms with E-state index in [1.54, 1.807) is 0 Å². The maximum Gasteiger partial charge on any atom is 0.472 e. The Morgan fingerprint density at radius 2 is 1.62 bits per heavy atom. The molecule has 3 heteroatoms. The van der Waals surface area contributed by atoms with Gasteiger partial charge in [0.2, 0.25) is 0 Å². The van der Waals surface area contributed by atoms with Crippen LogP contribution in [0, 0.1) is 0 Å². The van der Waals surface area contributed by atoms with Crippen molar-refractivity contribution in [3.8, 4) is 0 Å². The van der Waals surface area contributed by atoms with Crippen molar-refractivity contribution >= 4 is 15.1 Å². The normalized spacial score (nSPS) is 8.25. The molecule has 48 valence electrons. The second kappa shape index (κ2) is 4.84. The summed E-state index contributed by atoms with van der Waals surface area (Å²) in [5, 5.41) is 0.